The van der Waals surface area contributed by atoms with E-state index in [4.69, 9.17) is 0 Å². The summed E-state index contributed by atoms with van der Waals surface area (Å²) >= 11 is 1.44. The Hall–Kier alpha value is -2.22. The molecule has 0 unspecified atom stereocenters. The topological polar surface area (TPSA) is 66.5 Å². The molecule has 2 aromatic carbocycles. The summed E-state index contributed by atoms with van der Waals surface area (Å²) in [5, 5.41) is 3.88. The molecule has 27 heavy (non-hydrogen) atoms. The Morgan fingerprint density at radius 1 is 0.963 bits per heavy atom. The number of thiophene rings is 1. The molecule has 0 saturated carbocycles. The van der Waals surface area contributed by atoms with Crippen molar-refractivity contribution in [1.82, 2.24) is 4.31 Å². The molecule has 140 valence electrons. The molecule has 5 nitrogen and oxygen atoms in total. The molecule has 0 radical (unpaired) electrons. The summed E-state index contributed by atoms with van der Waals surface area (Å²) in [5.41, 5.74) is 0.579. The molecule has 1 aliphatic rings. The fraction of sp³-hybridized carbons (Fsp3) is 0.250. The van der Waals surface area contributed by atoms with Crippen LogP contribution in [-0.2, 0) is 10.0 Å². The second-order valence-corrected chi connectivity index (χ2v) is 9.61. The first-order valence-electron chi connectivity index (χ1n) is 8.94. The van der Waals surface area contributed by atoms with E-state index < -0.39 is 10.0 Å². The van der Waals surface area contributed by atoms with E-state index in [2.05, 4.69) is 5.32 Å². The Balaban J connectivity index is 1.49. The monoisotopic (exact) mass is 400 g/mol. The molecule has 1 N–H and O–H groups in total. The lowest BCUT2D eigenvalue weighted by atomic mass is 10.2. The third-order valence-corrected chi connectivity index (χ3v) is 7.74. The number of carbonyl (C=O) groups excluding carboxylic acids is 1. The number of fused-ring (bicyclic) bond motifs is 1. The van der Waals surface area contributed by atoms with Crippen molar-refractivity contribution < 1.29 is 13.2 Å². The zero-order chi connectivity index (χ0) is 18.9. The SMILES string of the molecule is O=C(Nc1ccc(S(=O)(=O)N2CCCCC2)cc1)c1cc2ccccc2s1. The van der Waals surface area contributed by atoms with Crippen LogP contribution in [0.3, 0.4) is 0 Å². The Morgan fingerprint density at radius 3 is 2.37 bits per heavy atom. The van der Waals surface area contributed by atoms with E-state index in [1.54, 1.807) is 28.6 Å². The summed E-state index contributed by atoms with van der Waals surface area (Å²) in [6.07, 6.45) is 2.89. The highest BCUT2D eigenvalue weighted by Gasteiger charge is 2.25. The maximum Gasteiger partial charge on any atom is 0.265 e. The van der Waals surface area contributed by atoms with E-state index in [0.29, 0.717) is 23.7 Å². The molecule has 7 heteroatoms. The van der Waals surface area contributed by atoms with Gasteiger partial charge in [-0.05, 0) is 54.6 Å². The van der Waals surface area contributed by atoms with Gasteiger partial charge in [-0.2, -0.15) is 4.31 Å². The lowest BCUT2D eigenvalue weighted by Gasteiger charge is -2.25. The van der Waals surface area contributed by atoms with E-state index in [-0.39, 0.29) is 10.8 Å². The normalized spacial score (nSPS) is 15.7. The second-order valence-electron chi connectivity index (χ2n) is 6.59. The van der Waals surface area contributed by atoms with Gasteiger partial charge in [-0.15, -0.1) is 11.3 Å². The molecule has 2 heterocycles. The second kappa shape index (κ2) is 7.42. The molecule has 1 amide bonds. The van der Waals surface area contributed by atoms with Gasteiger partial charge in [0.05, 0.1) is 9.77 Å². The zero-order valence-corrected chi connectivity index (χ0v) is 16.4. The van der Waals surface area contributed by atoms with Gasteiger partial charge in [0.2, 0.25) is 10.0 Å². The van der Waals surface area contributed by atoms with E-state index in [0.717, 1.165) is 29.3 Å². The van der Waals surface area contributed by atoms with Crippen molar-refractivity contribution in [2.45, 2.75) is 24.2 Å². The van der Waals surface area contributed by atoms with E-state index in [1.807, 2.05) is 30.3 Å². The molecule has 1 fully saturated rings. The molecule has 0 bridgehead atoms. The number of rotatable bonds is 4. The number of anilines is 1. The standard InChI is InChI=1S/C20H20N2O3S2/c23-20(19-14-15-6-2-3-7-18(15)26-19)21-16-8-10-17(11-9-16)27(24,25)22-12-4-1-5-13-22/h2-3,6-11,14H,1,4-5,12-13H2,(H,21,23). The number of hydrogen-bond donors (Lipinski definition) is 1. The first-order chi connectivity index (χ1) is 13.0. The quantitative estimate of drug-likeness (QED) is 0.709. The Kier molecular flexibility index (Phi) is 4.99. The highest BCUT2D eigenvalue weighted by atomic mass is 32.2. The molecule has 4 rings (SSSR count). The van der Waals surface area contributed by atoms with Crippen molar-refractivity contribution in [2.75, 3.05) is 18.4 Å². The summed E-state index contributed by atoms with van der Waals surface area (Å²) < 4.78 is 28.0. The number of carbonyl (C=O) groups is 1. The van der Waals surface area contributed by atoms with Crippen LogP contribution in [0, 0.1) is 0 Å². The number of hydrogen-bond acceptors (Lipinski definition) is 4. The molecular weight excluding hydrogens is 380 g/mol. The first-order valence-corrected chi connectivity index (χ1v) is 11.2. The third kappa shape index (κ3) is 3.76. The number of benzene rings is 2. The predicted octanol–water partition coefficient (Wildman–Crippen LogP) is 4.33. The zero-order valence-electron chi connectivity index (χ0n) is 14.7. The number of amides is 1. The average Bonchev–Trinajstić information content (AvgIpc) is 3.13. The largest absolute Gasteiger partial charge is 0.321 e. The lowest BCUT2D eigenvalue weighted by molar-refractivity contribution is 0.103. The highest BCUT2D eigenvalue weighted by molar-refractivity contribution is 7.89. The summed E-state index contributed by atoms with van der Waals surface area (Å²) in [7, 11) is -3.45. The van der Waals surface area contributed by atoms with E-state index in [1.165, 1.54) is 11.3 Å². The minimum atomic E-state index is -3.45. The van der Waals surface area contributed by atoms with Crippen LogP contribution in [0.5, 0.6) is 0 Å². The molecule has 3 aromatic rings. The highest BCUT2D eigenvalue weighted by Crippen LogP contribution is 2.26. The smallest absolute Gasteiger partial charge is 0.265 e. The van der Waals surface area contributed by atoms with Crippen molar-refractivity contribution in [3.63, 3.8) is 0 Å². The van der Waals surface area contributed by atoms with Gasteiger partial charge in [-0.25, -0.2) is 8.42 Å². The van der Waals surface area contributed by atoms with Crippen LogP contribution >= 0.6 is 11.3 Å². The van der Waals surface area contributed by atoms with Crippen molar-refractivity contribution in [3.05, 3.63) is 59.5 Å². The predicted molar refractivity (Wildman–Crippen MR) is 109 cm³/mol. The molecule has 0 atom stereocenters. The maximum atomic E-state index is 12.7. The molecule has 1 saturated heterocycles. The van der Waals surface area contributed by atoms with Gasteiger partial charge < -0.3 is 5.32 Å². The molecule has 0 spiro atoms. The maximum absolute atomic E-state index is 12.7. The van der Waals surface area contributed by atoms with Crippen molar-refractivity contribution in [3.8, 4) is 0 Å². The fourth-order valence-corrected chi connectivity index (χ4v) is 5.73. The fourth-order valence-electron chi connectivity index (χ4n) is 3.25. The summed E-state index contributed by atoms with van der Waals surface area (Å²) in [5.74, 6) is -0.192. The van der Waals surface area contributed by atoms with Crippen LogP contribution in [0.4, 0.5) is 5.69 Å². The summed E-state index contributed by atoms with van der Waals surface area (Å²) in [6, 6.07) is 16.1. The number of nitrogens with one attached hydrogen (secondary N) is 1. The lowest BCUT2D eigenvalue weighted by Crippen LogP contribution is -2.35. The molecule has 1 aromatic heterocycles. The number of piperidine rings is 1. The number of nitrogens with zero attached hydrogens (tertiary/aromatic N) is 1. The van der Waals surface area contributed by atoms with E-state index in [9.17, 15) is 13.2 Å². The summed E-state index contributed by atoms with van der Waals surface area (Å²) in [6.45, 7) is 1.15. The molecular formula is C20H20N2O3S2. The van der Waals surface area contributed by atoms with Crippen molar-refractivity contribution in [1.29, 1.82) is 0 Å². The van der Waals surface area contributed by atoms with Crippen LogP contribution in [0.1, 0.15) is 28.9 Å². The minimum Gasteiger partial charge on any atom is -0.321 e. The van der Waals surface area contributed by atoms with E-state index >= 15 is 0 Å². The van der Waals surface area contributed by atoms with Crippen molar-refractivity contribution >= 4 is 43.0 Å². The average molecular weight is 401 g/mol. The Labute approximate surface area is 162 Å². The summed E-state index contributed by atoms with van der Waals surface area (Å²) in [4.78, 5) is 13.4. The number of sulfonamides is 1. The van der Waals surface area contributed by atoms with Crippen molar-refractivity contribution in [2.24, 2.45) is 0 Å². The van der Waals surface area contributed by atoms with Gasteiger partial charge >= 0.3 is 0 Å². The van der Waals surface area contributed by atoms with Gasteiger partial charge in [0.25, 0.3) is 5.91 Å². The van der Waals surface area contributed by atoms with Gasteiger partial charge in [0, 0.05) is 23.5 Å². The van der Waals surface area contributed by atoms with Gasteiger partial charge in [0.15, 0.2) is 0 Å². The van der Waals surface area contributed by atoms with Crippen LogP contribution in [0.25, 0.3) is 10.1 Å². The first kappa shape index (κ1) is 18.2. The van der Waals surface area contributed by atoms with Crippen LogP contribution in [0.2, 0.25) is 0 Å². The van der Waals surface area contributed by atoms with Gasteiger partial charge in [0.1, 0.15) is 0 Å². The minimum absolute atomic E-state index is 0.192. The molecule has 1 aliphatic heterocycles. The Bertz CT molecular complexity index is 1030. The third-order valence-electron chi connectivity index (χ3n) is 4.71. The van der Waals surface area contributed by atoms with Gasteiger partial charge in [-0.3, -0.25) is 4.79 Å². The Morgan fingerprint density at radius 2 is 1.67 bits per heavy atom. The van der Waals surface area contributed by atoms with Crippen LogP contribution in [0.15, 0.2) is 59.5 Å². The van der Waals surface area contributed by atoms with Crippen LogP contribution < -0.4 is 5.32 Å². The molecule has 0 aliphatic carbocycles. The van der Waals surface area contributed by atoms with Crippen LogP contribution in [-0.4, -0.2) is 31.7 Å². The van der Waals surface area contributed by atoms with Gasteiger partial charge in [-0.1, -0.05) is 24.6 Å².